The van der Waals surface area contributed by atoms with Crippen molar-refractivity contribution in [2.45, 2.75) is 0 Å². The Morgan fingerprint density at radius 3 is 2.23 bits per heavy atom. The molecule has 0 radical (unpaired) electrons. The van der Waals surface area contributed by atoms with Crippen LogP contribution in [0, 0.1) is 0 Å². The highest BCUT2D eigenvalue weighted by Crippen LogP contribution is 2.29. The number of hydrogen-bond donors (Lipinski definition) is 1. The lowest BCUT2D eigenvalue weighted by Gasteiger charge is -2.11. The van der Waals surface area contributed by atoms with Gasteiger partial charge in [0.1, 0.15) is 17.2 Å². The summed E-state index contributed by atoms with van der Waals surface area (Å²) in [5.41, 5.74) is 3.12. The molecule has 9 nitrogen and oxygen atoms in total. The highest BCUT2D eigenvalue weighted by atomic mass is 79.9. The van der Waals surface area contributed by atoms with Crippen LogP contribution in [-0.2, 0) is 4.79 Å². The minimum Gasteiger partial charge on any atom is -0.497 e. The SMILES string of the molecule is COc1ccc(OCC(=O)NN=Cc2cc(Br)ccc2OC(=O)c2ccc(OC)c(OC)c2)cc1. The zero-order valence-corrected chi connectivity index (χ0v) is 20.8. The molecule has 3 aromatic rings. The molecule has 0 aliphatic heterocycles. The van der Waals surface area contributed by atoms with Crippen molar-refractivity contribution in [2.24, 2.45) is 5.10 Å². The predicted molar refractivity (Wildman–Crippen MR) is 133 cm³/mol. The van der Waals surface area contributed by atoms with Crippen LogP contribution in [0.2, 0.25) is 0 Å². The molecule has 35 heavy (non-hydrogen) atoms. The second-order valence-electron chi connectivity index (χ2n) is 6.90. The van der Waals surface area contributed by atoms with Gasteiger partial charge >= 0.3 is 5.97 Å². The van der Waals surface area contributed by atoms with E-state index in [2.05, 4.69) is 26.5 Å². The van der Waals surface area contributed by atoms with Crippen LogP contribution in [0.5, 0.6) is 28.7 Å². The number of halogens is 1. The zero-order chi connectivity index (χ0) is 25.2. The zero-order valence-electron chi connectivity index (χ0n) is 19.2. The molecule has 3 aromatic carbocycles. The minimum absolute atomic E-state index is 0.233. The van der Waals surface area contributed by atoms with Gasteiger partial charge in [-0.05, 0) is 60.7 Å². The number of amides is 1. The molecule has 0 unspecified atom stereocenters. The summed E-state index contributed by atoms with van der Waals surface area (Å²) in [5, 5.41) is 3.94. The van der Waals surface area contributed by atoms with Crippen molar-refractivity contribution in [2.75, 3.05) is 27.9 Å². The maximum atomic E-state index is 12.7. The number of carbonyl (C=O) groups excluding carboxylic acids is 2. The normalized spacial score (nSPS) is 10.5. The van der Waals surface area contributed by atoms with Crippen molar-refractivity contribution >= 4 is 34.0 Å². The van der Waals surface area contributed by atoms with E-state index < -0.39 is 11.9 Å². The molecule has 1 amide bonds. The van der Waals surface area contributed by atoms with Gasteiger partial charge in [-0.15, -0.1) is 0 Å². The summed E-state index contributed by atoms with van der Waals surface area (Å²) in [4.78, 5) is 24.8. The van der Waals surface area contributed by atoms with E-state index in [0.29, 0.717) is 28.6 Å². The van der Waals surface area contributed by atoms with Crippen LogP contribution >= 0.6 is 15.9 Å². The lowest BCUT2D eigenvalue weighted by molar-refractivity contribution is -0.123. The third-order valence-corrected chi connectivity index (χ3v) is 5.11. The van der Waals surface area contributed by atoms with Crippen LogP contribution in [-0.4, -0.2) is 46.0 Å². The van der Waals surface area contributed by atoms with Gasteiger partial charge < -0.3 is 23.7 Å². The Kier molecular flexibility index (Phi) is 9.08. The number of hydrazone groups is 1. The molecular weight excluding hydrogens is 520 g/mol. The van der Waals surface area contributed by atoms with Crippen LogP contribution < -0.4 is 29.1 Å². The monoisotopic (exact) mass is 542 g/mol. The molecule has 0 saturated heterocycles. The number of hydrogen-bond acceptors (Lipinski definition) is 8. The lowest BCUT2D eigenvalue weighted by atomic mass is 10.2. The third-order valence-electron chi connectivity index (χ3n) is 4.62. The fourth-order valence-electron chi connectivity index (χ4n) is 2.86. The van der Waals surface area contributed by atoms with Gasteiger partial charge in [-0.3, -0.25) is 4.79 Å². The summed E-state index contributed by atoms with van der Waals surface area (Å²) in [6.45, 7) is -0.233. The average molecular weight is 543 g/mol. The van der Waals surface area contributed by atoms with Crippen LogP contribution in [0.3, 0.4) is 0 Å². The van der Waals surface area contributed by atoms with E-state index in [1.165, 1.54) is 26.5 Å². The van der Waals surface area contributed by atoms with Gasteiger partial charge in [-0.1, -0.05) is 15.9 Å². The number of ether oxygens (including phenoxy) is 5. The summed E-state index contributed by atoms with van der Waals surface area (Å²) in [6, 6.07) is 16.6. The predicted octanol–water partition coefficient (Wildman–Crippen LogP) is 4.22. The first-order valence-corrected chi connectivity index (χ1v) is 11.0. The summed E-state index contributed by atoms with van der Waals surface area (Å²) >= 11 is 3.38. The standard InChI is InChI=1S/C25H23BrN2O7/c1-31-19-6-8-20(9-7-19)34-15-24(29)28-27-14-17-12-18(26)5-11-21(17)35-25(30)16-4-10-22(32-2)23(13-16)33-3/h4-14H,15H2,1-3H3,(H,28,29). The molecule has 0 saturated carbocycles. The lowest BCUT2D eigenvalue weighted by Crippen LogP contribution is -2.24. The third kappa shape index (κ3) is 7.21. The van der Waals surface area contributed by atoms with E-state index in [1.54, 1.807) is 61.7 Å². The second-order valence-corrected chi connectivity index (χ2v) is 7.81. The fraction of sp³-hybridized carbons (Fsp3) is 0.160. The van der Waals surface area contributed by atoms with Gasteiger partial charge in [0, 0.05) is 10.0 Å². The maximum Gasteiger partial charge on any atom is 0.343 e. The molecule has 0 aliphatic carbocycles. The Balaban J connectivity index is 1.63. The minimum atomic E-state index is -0.597. The van der Waals surface area contributed by atoms with Crippen LogP contribution in [0.15, 0.2) is 70.2 Å². The van der Waals surface area contributed by atoms with Crippen LogP contribution in [0.1, 0.15) is 15.9 Å². The molecular formula is C25H23BrN2O7. The van der Waals surface area contributed by atoms with Crippen molar-refractivity contribution in [1.82, 2.24) is 5.43 Å². The summed E-state index contributed by atoms with van der Waals surface area (Å²) in [7, 11) is 4.55. The van der Waals surface area contributed by atoms with E-state index in [4.69, 9.17) is 23.7 Å². The first kappa shape index (κ1) is 25.6. The largest absolute Gasteiger partial charge is 0.497 e. The van der Waals surface area contributed by atoms with Crippen LogP contribution in [0.4, 0.5) is 0 Å². The molecule has 0 bridgehead atoms. The van der Waals surface area contributed by atoms with E-state index in [0.717, 1.165) is 4.47 Å². The molecule has 0 atom stereocenters. The summed E-state index contributed by atoms with van der Waals surface area (Å²) in [6.07, 6.45) is 1.37. The van der Waals surface area contributed by atoms with Crippen LogP contribution in [0.25, 0.3) is 0 Å². The Labute approximate surface area is 210 Å². The Bertz CT molecular complexity index is 1210. The number of carbonyl (C=O) groups is 2. The quantitative estimate of drug-likeness (QED) is 0.177. The summed E-state index contributed by atoms with van der Waals surface area (Å²) in [5.74, 6) is 1.28. The first-order chi connectivity index (χ1) is 16.9. The second kappa shape index (κ2) is 12.4. The number of benzene rings is 3. The fourth-order valence-corrected chi connectivity index (χ4v) is 3.24. The highest BCUT2D eigenvalue weighted by Gasteiger charge is 2.15. The number of nitrogens with one attached hydrogen (secondary N) is 1. The Morgan fingerprint density at radius 1 is 0.857 bits per heavy atom. The van der Waals surface area contributed by atoms with Crippen molar-refractivity contribution in [3.05, 3.63) is 76.3 Å². The van der Waals surface area contributed by atoms with Crippen molar-refractivity contribution in [3.8, 4) is 28.7 Å². The Morgan fingerprint density at radius 2 is 1.54 bits per heavy atom. The molecule has 0 aliphatic rings. The molecule has 10 heteroatoms. The van der Waals surface area contributed by atoms with Gasteiger partial charge in [0.15, 0.2) is 18.1 Å². The van der Waals surface area contributed by atoms with E-state index >= 15 is 0 Å². The first-order valence-electron chi connectivity index (χ1n) is 10.3. The van der Waals surface area contributed by atoms with Gasteiger partial charge in [0.05, 0.1) is 33.1 Å². The topological polar surface area (TPSA) is 105 Å². The average Bonchev–Trinajstić information content (AvgIpc) is 2.88. The number of esters is 1. The summed E-state index contributed by atoms with van der Waals surface area (Å²) < 4.78 is 27.2. The Hall–Kier alpha value is -4.05. The number of rotatable bonds is 10. The highest BCUT2D eigenvalue weighted by molar-refractivity contribution is 9.10. The van der Waals surface area contributed by atoms with Crippen molar-refractivity contribution < 1.29 is 33.3 Å². The molecule has 3 rings (SSSR count). The number of methoxy groups -OCH3 is 3. The molecule has 1 N–H and O–H groups in total. The maximum absolute atomic E-state index is 12.7. The molecule has 0 aromatic heterocycles. The van der Waals surface area contributed by atoms with Crippen molar-refractivity contribution in [3.63, 3.8) is 0 Å². The van der Waals surface area contributed by atoms with Crippen molar-refractivity contribution in [1.29, 1.82) is 0 Å². The molecule has 0 heterocycles. The molecule has 0 spiro atoms. The van der Waals surface area contributed by atoms with E-state index in [9.17, 15) is 9.59 Å². The van der Waals surface area contributed by atoms with E-state index in [-0.39, 0.29) is 17.9 Å². The smallest absolute Gasteiger partial charge is 0.343 e. The van der Waals surface area contributed by atoms with Gasteiger partial charge in [0.2, 0.25) is 0 Å². The van der Waals surface area contributed by atoms with E-state index in [1.807, 2.05) is 0 Å². The number of nitrogens with zero attached hydrogens (tertiary/aromatic N) is 1. The molecule has 0 fully saturated rings. The van der Waals surface area contributed by atoms with Gasteiger partial charge in [-0.25, -0.2) is 10.2 Å². The van der Waals surface area contributed by atoms with Gasteiger partial charge in [-0.2, -0.15) is 5.10 Å². The molecule has 182 valence electrons. The van der Waals surface area contributed by atoms with Gasteiger partial charge in [0.25, 0.3) is 5.91 Å².